The quantitative estimate of drug-likeness (QED) is 0.523. The molecule has 2 rings (SSSR count). The molecule has 2 saturated carbocycles. The number of rotatable bonds is 6. The predicted molar refractivity (Wildman–Crippen MR) is 87.3 cm³/mol. The van der Waals surface area contributed by atoms with E-state index in [9.17, 15) is 5.11 Å². The monoisotopic (exact) mass is 412 g/mol. The number of aliphatic hydroxyl groups excluding tert-OH is 1. The fourth-order valence-corrected chi connectivity index (χ4v) is 4.12. The summed E-state index contributed by atoms with van der Waals surface area (Å²) in [6.07, 6.45) is 9.55. The van der Waals surface area contributed by atoms with Gasteiger partial charge in [0.25, 0.3) is 6.48 Å². The number of aliphatic hydroxyl groups is 1. The molecule has 0 aliphatic heterocycles. The number of hydrogen-bond donors (Lipinski definition) is 1. The van der Waals surface area contributed by atoms with Crippen molar-refractivity contribution >= 4 is 31.9 Å². The number of halogens is 2. The second kappa shape index (κ2) is 9.09. The summed E-state index contributed by atoms with van der Waals surface area (Å²) < 4.78 is 10.9. The van der Waals surface area contributed by atoms with Crippen LogP contribution < -0.4 is 0 Å². The van der Waals surface area contributed by atoms with Crippen molar-refractivity contribution in [2.75, 3.05) is 13.2 Å². The average Bonchev–Trinajstić information content (AvgIpc) is 2.46. The van der Waals surface area contributed by atoms with Gasteiger partial charge in [0.1, 0.15) is 0 Å². The Bertz CT molecular complexity index is 236. The van der Waals surface area contributed by atoms with Gasteiger partial charge >= 0.3 is 0 Å². The zero-order chi connectivity index (χ0) is 14.4. The fraction of sp³-hybridized carbons (Fsp3) is 1.00. The van der Waals surface area contributed by atoms with E-state index in [1.807, 2.05) is 0 Å². The highest BCUT2D eigenvalue weighted by molar-refractivity contribution is 9.09. The largest absolute Gasteiger partial charge is 0.346 e. The van der Waals surface area contributed by atoms with Gasteiger partial charge in [-0.25, -0.2) is 0 Å². The van der Waals surface area contributed by atoms with Gasteiger partial charge in [-0.1, -0.05) is 31.9 Å². The second-order valence-electron chi connectivity index (χ2n) is 6.21. The van der Waals surface area contributed by atoms with Gasteiger partial charge in [0, 0.05) is 9.65 Å². The normalized spacial score (nSPS) is 36.8. The van der Waals surface area contributed by atoms with Gasteiger partial charge in [-0.2, -0.15) is 0 Å². The molecule has 0 aromatic carbocycles. The Kier molecular flexibility index (Phi) is 7.81. The highest BCUT2D eigenvalue weighted by atomic mass is 79.9. The Labute approximate surface area is 139 Å². The molecule has 3 nitrogen and oxygen atoms in total. The van der Waals surface area contributed by atoms with Crippen molar-refractivity contribution in [3.05, 3.63) is 0 Å². The van der Waals surface area contributed by atoms with Crippen molar-refractivity contribution in [2.45, 2.75) is 67.5 Å². The summed E-state index contributed by atoms with van der Waals surface area (Å²) in [6, 6.07) is 0. The highest BCUT2D eigenvalue weighted by Gasteiger charge is 2.22. The van der Waals surface area contributed by atoms with Crippen LogP contribution in [0.5, 0.6) is 0 Å². The molecule has 0 saturated heterocycles. The molecule has 0 heterocycles. The highest BCUT2D eigenvalue weighted by Crippen LogP contribution is 2.30. The first kappa shape index (κ1) is 17.2. The summed E-state index contributed by atoms with van der Waals surface area (Å²) in [7, 11) is 0. The molecule has 0 atom stereocenters. The molecule has 20 heavy (non-hydrogen) atoms. The molecule has 0 aromatic rings. The summed E-state index contributed by atoms with van der Waals surface area (Å²) in [5, 5.41) is 9.75. The summed E-state index contributed by atoms with van der Waals surface area (Å²) >= 11 is 7.30. The molecular weight excluding hydrogens is 388 g/mol. The smallest absolute Gasteiger partial charge is 0.269 e. The van der Waals surface area contributed by atoms with Gasteiger partial charge in [0.2, 0.25) is 0 Å². The van der Waals surface area contributed by atoms with E-state index < -0.39 is 6.48 Å². The molecule has 0 bridgehead atoms. The van der Waals surface area contributed by atoms with Crippen LogP contribution >= 0.6 is 31.9 Å². The lowest BCUT2D eigenvalue weighted by molar-refractivity contribution is -0.272. The van der Waals surface area contributed by atoms with Gasteiger partial charge in [-0.05, 0) is 63.2 Å². The van der Waals surface area contributed by atoms with Crippen LogP contribution in [-0.4, -0.2) is 34.5 Å². The Morgan fingerprint density at radius 2 is 1.10 bits per heavy atom. The van der Waals surface area contributed by atoms with E-state index in [4.69, 9.17) is 9.47 Å². The maximum absolute atomic E-state index is 9.75. The van der Waals surface area contributed by atoms with Crippen LogP contribution in [0.4, 0.5) is 0 Å². The Morgan fingerprint density at radius 1 is 0.750 bits per heavy atom. The number of alkyl halides is 2. The zero-order valence-corrected chi connectivity index (χ0v) is 15.1. The molecule has 0 radical (unpaired) electrons. The van der Waals surface area contributed by atoms with Crippen molar-refractivity contribution in [2.24, 2.45) is 11.8 Å². The molecule has 5 heteroatoms. The molecule has 0 unspecified atom stereocenters. The third kappa shape index (κ3) is 6.30. The standard InChI is InChI=1S/C15H26Br2O3/c16-13-5-1-11(2-6-13)9-19-15(18)20-10-12-3-7-14(17)8-4-12/h11-15,18H,1-10H2. The lowest BCUT2D eigenvalue weighted by atomic mass is 9.90. The van der Waals surface area contributed by atoms with Gasteiger partial charge in [-0.15, -0.1) is 0 Å². The number of hydrogen-bond acceptors (Lipinski definition) is 3. The molecule has 0 amide bonds. The lowest BCUT2D eigenvalue weighted by Gasteiger charge is -2.27. The third-order valence-corrected chi connectivity index (χ3v) is 6.33. The van der Waals surface area contributed by atoms with E-state index in [1.165, 1.54) is 51.4 Å². The Morgan fingerprint density at radius 3 is 1.45 bits per heavy atom. The first-order valence-corrected chi connectivity index (χ1v) is 9.66. The summed E-state index contributed by atoms with van der Waals surface area (Å²) in [5.74, 6) is 1.15. The second-order valence-corrected chi connectivity index (χ2v) is 8.80. The molecule has 0 aromatic heterocycles. The van der Waals surface area contributed by atoms with Crippen molar-refractivity contribution in [1.82, 2.24) is 0 Å². The van der Waals surface area contributed by atoms with Crippen LogP contribution in [0.3, 0.4) is 0 Å². The van der Waals surface area contributed by atoms with Gasteiger partial charge in [0.15, 0.2) is 0 Å². The summed E-state index contributed by atoms with van der Waals surface area (Å²) in [6.45, 7) is 0.197. The van der Waals surface area contributed by atoms with Crippen molar-refractivity contribution in [3.8, 4) is 0 Å². The first-order chi connectivity index (χ1) is 9.63. The van der Waals surface area contributed by atoms with Crippen molar-refractivity contribution < 1.29 is 14.6 Å². The minimum atomic E-state index is -1.04. The molecule has 2 aliphatic rings. The van der Waals surface area contributed by atoms with Crippen LogP contribution in [0.2, 0.25) is 0 Å². The fourth-order valence-electron chi connectivity index (χ4n) is 3.06. The van der Waals surface area contributed by atoms with Crippen LogP contribution in [0, 0.1) is 11.8 Å². The molecule has 2 aliphatic carbocycles. The third-order valence-electron chi connectivity index (χ3n) is 4.50. The van der Waals surface area contributed by atoms with Gasteiger partial charge in [0.05, 0.1) is 13.2 Å². The van der Waals surface area contributed by atoms with E-state index in [-0.39, 0.29) is 0 Å². The van der Waals surface area contributed by atoms with E-state index in [0.29, 0.717) is 34.7 Å². The maximum Gasteiger partial charge on any atom is 0.269 e. The zero-order valence-electron chi connectivity index (χ0n) is 12.0. The van der Waals surface area contributed by atoms with E-state index in [0.717, 1.165) is 0 Å². The first-order valence-electron chi connectivity index (χ1n) is 7.83. The molecule has 1 N–H and O–H groups in total. The van der Waals surface area contributed by atoms with Gasteiger partial charge in [-0.3, -0.25) is 0 Å². The van der Waals surface area contributed by atoms with E-state index in [1.54, 1.807) is 0 Å². The SMILES string of the molecule is OC(OCC1CCC(Br)CC1)OCC1CCC(Br)CC1. The van der Waals surface area contributed by atoms with Crippen molar-refractivity contribution in [3.63, 3.8) is 0 Å². The average molecular weight is 414 g/mol. The van der Waals surface area contributed by atoms with Crippen LogP contribution in [0.15, 0.2) is 0 Å². The molecule has 0 spiro atoms. The Balaban J connectivity index is 1.53. The lowest BCUT2D eigenvalue weighted by Crippen LogP contribution is -2.27. The molecule has 118 valence electrons. The number of ether oxygens (including phenoxy) is 2. The maximum atomic E-state index is 9.75. The minimum Gasteiger partial charge on any atom is -0.346 e. The molecule has 2 fully saturated rings. The summed E-state index contributed by atoms with van der Waals surface area (Å²) in [4.78, 5) is 1.34. The predicted octanol–water partition coefficient (Wildman–Crippen LogP) is 4.20. The Hall–Kier alpha value is 0.840. The topological polar surface area (TPSA) is 38.7 Å². The minimum absolute atomic E-state index is 0.575. The summed E-state index contributed by atoms with van der Waals surface area (Å²) in [5.41, 5.74) is 0. The molecular formula is C15H26Br2O3. The van der Waals surface area contributed by atoms with Crippen LogP contribution in [0.1, 0.15) is 51.4 Å². The van der Waals surface area contributed by atoms with E-state index >= 15 is 0 Å². The van der Waals surface area contributed by atoms with E-state index in [2.05, 4.69) is 31.9 Å². The van der Waals surface area contributed by atoms with Gasteiger partial charge < -0.3 is 14.6 Å². The van der Waals surface area contributed by atoms with Crippen molar-refractivity contribution in [1.29, 1.82) is 0 Å². The van der Waals surface area contributed by atoms with Crippen LogP contribution in [-0.2, 0) is 9.47 Å². The van der Waals surface area contributed by atoms with Crippen LogP contribution in [0.25, 0.3) is 0 Å².